The van der Waals surface area contributed by atoms with Crippen LogP contribution >= 0.6 is 11.3 Å². The van der Waals surface area contributed by atoms with E-state index in [4.69, 9.17) is 0 Å². The van der Waals surface area contributed by atoms with Crippen molar-refractivity contribution < 1.29 is 0 Å². The van der Waals surface area contributed by atoms with Crippen LogP contribution in [0.2, 0.25) is 0 Å². The Morgan fingerprint density at radius 1 is 0.312 bits per heavy atom. The molecule has 13 rings (SSSR count). The number of rotatable bonds is 7. The predicted octanol–water partition coefficient (Wildman–Crippen LogP) is 13.3. The number of benzene rings is 10. The highest BCUT2D eigenvalue weighted by molar-refractivity contribution is 7.26. The largest absolute Gasteiger partial charge is 0.309 e. The Morgan fingerprint density at radius 3 is 1.52 bits per heavy atom. The van der Waals surface area contributed by atoms with Gasteiger partial charge in [-0.15, -0.1) is 11.3 Å². The van der Waals surface area contributed by atoms with Gasteiger partial charge in [0.05, 0.1) is 27.8 Å². The van der Waals surface area contributed by atoms with Crippen LogP contribution in [0.1, 0.15) is 0 Å². The van der Waals surface area contributed by atoms with E-state index in [1.54, 1.807) is 0 Å². The quantitative estimate of drug-likeness (QED) is 0.112. The first-order valence-electron chi connectivity index (χ1n) is 22.0. The number of hydrogen-bond acceptors (Lipinski definition) is 1. The molecule has 0 saturated heterocycles. The fourth-order valence-electron chi connectivity index (χ4n) is 10.8. The van der Waals surface area contributed by atoms with Gasteiger partial charge in [0.1, 0.15) is 0 Å². The van der Waals surface area contributed by atoms with Crippen molar-refractivity contribution in [2.75, 3.05) is 0 Å². The molecule has 0 aliphatic carbocycles. The number of hydrogen-bond donors (Lipinski definition) is 0. The summed E-state index contributed by atoms with van der Waals surface area (Å²) in [6.45, 7) is 0. The third-order valence-corrected chi connectivity index (χ3v) is 19.4. The molecule has 3 heterocycles. The summed E-state index contributed by atoms with van der Waals surface area (Å²) in [7, 11) is -2.68. The van der Waals surface area contributed by atoms with Crippen LogP contribution in [-0.4, -0.2) is 17.2 Å². The van der Waals surface area contributed by atoms with Gasteiger partial charge in [-0.3, -0.25) is 0 Å². The molecule has 0 fully saturated rings. The van der Waals surface area contributed by atoms with Crippen LogP contribution in [0.25, 0.3) is 86.3 Å². The minimum Gasteiger partial charge on any atom is -0.309 e. The van der Waals surface area contributed by atoms with Gasteiger partial charge in [-0.2, -0.15) is 0 Å². The number of aromatic nitrogens is 2. The molecular formula is C60H40N2SSi. The second-order valence-electron chi connectivity index (χ2n) is 16.8. The minimum atomic E-state index is -2.68. The van der Waals surface area contributed by atoms with E-state index in [1.807, 2.05) is 11.3 Å². The molecule has 0 unspecified atom stereocenters. The Labute approximate surface area is 376 Å². The number of thiophene rings is 1. The maximum absolute atomic E-state index is 2.68. The van der Waals surface area contributed by atoms with Gasteiger partial charge in [-0.1, -0.05) is 188 Å². The molecule has 13 aromatic rings. The smallest absolute Gasteiger partial charge is 0.179 e. The lowest BCUT2D eigenvalue weighted by Gasteiger charge is -2.34. The van der Waals surface area contributed by atoms with Crippen molar-refractivity contribution in [1.29, 1.82) is 0 Å². The van der Waals surface area contributed by atoms with Gasteiger partial charge < -0.3 is 9.13 Å². The van der Waals surface area contributed by atoms with Gasteiger partial charge in [0.25, 0.3) is 0 Å². The molecule has 10 aromatic carbocycles. The Bertz CT molecular complexity index is 3790. The zero-order valence-electron chi connectivity index (χ0n) is 34.9. The Hall–Kier alpha value is -7.76. The van der Waals surface area contributed by atoms with Gasteiger partial charge >= 0.3 is 0 Å². The summed E-state index contributed by atoms with van der Waals surface area (Å²) in [5.41, 5.74) is 9.58. The standard InChI is InChI=1S/C60H40N2SSi/c1-4-18-43(19-5-1)64(44-20-6-2-7-21-44,45-22-8-3-9-23-45)46-37-35-42(36-38-46)61-53-29-14-11-25-50(53)60-54(61)30-17-31-55(60)62-52-28-13-10-24-48(52)49-39-34-41(40-56(49)62)47-27-16-33-58-59(47)51-26-12-15-32-57(51)63-58/h1-40H. The van der Waals surface area contributed by atoms with Crippen LogP contribution in [0.3, 0.4) is 0 Å². The van der Waals surface area contributed by atoms with Crippen LogP contribution < -0.4 is 20.7 Å². The summed E-state index contributed by atoms with van der Waals surface area (Å²) in [5.74, 6) is 0. The van der Waals surface area contributed by atoms with Crippen LogP contribution in [0.5, 0.6) is 0 Å². The van der Waals surface area contributed by atoms with E-state index in [0.29, 0.717) is 0 Å². The average molecular weight is 849 g/mol. The van der Waals surface area contributed by atoms with Gasteiger partial charge in [0, 0.05) is 47.4 Å². The summed E-state index contributed by atoms with van der Waals surface area (Å²) in [6.07, 6.45) is 0. The average Bonchev–Trinajstić information content (AvgIpc) is 4.03. The van der Waals surface area contributed by atoms with Gasteiger partial charge in [-0.25, -0.2) is 0 Å². The minimum absolute atomic E-state index is 1.14. The van der Waals surface area contributed by atoms with Gasteiger partial charge in [-0.05, 0) is 86.5 Å². The molecule has 0 N–H and O–H groups in total. The normalized spacial score (nSPS) is 12.1. The van der Waals surface area contributed by atoms with E-state index < -0.39 is 8.07 Å². The van der Waals surface area contributed by atoms with E-state index in [9.17, 15) is 0 Å². The van der Waals surface area contributed by atoms with Gasteiger partial charge in [0.2, 0.25) is 0 Å². The topological polar surface area (TPSA) is 9.86 Å². The summed E-state index contributed by atoms with van der Waals surface area (Å²) in [5, 5.41) is 13.1. The van der Waals surface area contributed by atoms with E-state index >= 15 is 0 Å². The Morgan fingerprint density at radius 2 is 0.828 bits per heavy atom. The summed E-state index contributed by atoms with van der Waals surface area (Å²) >= 11 is 1.87. The lowest BCUT2D eigenvalue weighted by molar-refractivity contribution is 1.17. The van der Waals surface area contributed by atoms with Crippen molar-refractivity contribution in [2.45, 2.75) is 0 Å². The fourth-order valence-corrected chi connectivity index (χ4v) is 16.7. The molecule has 0 amide bonds. The third kappa shape index (κ3) is 5.43. The lowest BCUT2D eigenvalue weighted by Crippen LogP contribution is -2.74. The highest BCUT2D eigenvalue weighted by Crippen LogP contribution is 2.43. The maximum atomic E-state index is 2.52. The molecule has 0 radical (unpaired) electrons. The highest BCUT2D eigenvalue weighted by atomic mass is 32.1. The van der Waals surface area contributed by atoms with Crippen molar-refractivity contribution >= 4 is 104 Å². The molecule has 0 bridgehead atoms. The zero-order valence-corrected chi connectivity index (χ0v) is 36.7. The second kappa shape index (κ2) is 14.7. The lowest BCUT2D eigenvalue weighted by atomic mass is 9.98. The third-order valence-electron chi connectivity index (χ3n) is 13.5. The second-order valence-corrected chi connectivity index (χ2v) is 21.7. The predicted molar refractivity (Wildman–Crippen MR) is 277 cm³/mol. The first-order chi connectivity index (χ1) is 31.8. The van der Waals surface area contributed by atoms with Crippen molar-refractivity contribution in [3.63, 3.8) is 0 Å². The van der Waals surface area contributed by atoms with Crippen LogP contribution in [-0.2, 0) is 0 Å². The monoisotopic (exact) mass is 848 g/mol. The molecule has 2 nitrogen and oxygen atoms in total. The maximum Gasteiger partial charge on any atom is 0.179 e. The number of para-hydroxylation sites is 2. The van der Waals surface area contributed by atoms with Crippen molar-refractivity contribution in [2.24, 2.45) is 0 Å². The van der Waals surface area contributed by atoms with Crippen molar-refractivity contribution in [1.82, 2.24) is 9.13 Å². The van der Waals surface area contributed by atoms with Gasteiger partial charge in [0.15, 0.2) is 8.07 Å². The SMILES string of the molecule is c1ccc([Si](c2ccccc2)(c2ccccc2)c2ccc(-n3c4ccccc4c4c(-n5c6ccccc6c6ccc(-c7cccc8sc9ccccc9c78)cc65)cccc43)cc2)cc1. The molecule has 0 saturated carbocycles. The molecule has 0 aliphatic rings. The molecular weight excluding hydrogens is 809 g/mol. The molecule has 0 atom stereocenters. The zero-order chi connectivity index (χ0) is 42.2. The first kappa shape index (κ1) is 36.9. The first-order valence-corrected chi connectivity index (χ1v) is 24.8. The Kier molecular flexibility index (Phi) is 8.45. The summed E-state index contributed by atoms with van der Waals surface area (Å²) in [4.78, 5) is 0. The molecule has 3 aromatic heterocycles. The highest BCUT2D eigenvalue weighted by Gasteiger charge is 2.41. The van der Waals surface area contributed by atoms with E-state index in [1.165, 1.54) is 101 Å². The van der Waals surface area contributed by atoms with Crippen molar-refractivity contribution in [3.8, 4) is 22.5 Å². The van der Waals surface area contributed by atoms with E-state index in [2.05, 4.69) is 252 Å². The molecule has 0 aliphatic heterocycles. The van der Waals surface area contributed by atoms with Crippen LogP contribution in [0, 0.1) is 0 Å². The van der Waals surface area contributed by atoms with Crippen LogP contribution in [0.4, 0.5) is 0 Å². The summed E-state index contributed by atoms with van der Waals surface area (Å²) < 4.78 is 7.62. The summed E-state index contributed by atoms with van der Waals surface area (Å²) in [6, 6.07) is 90.4. The molecule has 300 valence electrons. The molecule has 4 heteroatoms. The van der Waals surface area contributed by atoms with Crippen molar-refractivity contribution in [3.05, 3.63) is 243 Å². The Balaban J connectivity index is 1.03. The molecule has 0 spiro atoms. The molecule has 64 heavy (non-hydrogen) atoms. The fraction of sp³-hybridized carbons (Fsp3) is 0. The number of fused-ring (bicyclic) bond motifs is 9. The number of nitrogens with zero attached hydrogens (tertiary/aromatic N) is 2. The van der Waals surface area contributed by atoms with E-state index in [-0.39, 0.29) is 0 Å². The van der Waals surface area contributed by atoms with E-state index in [0.717, 1.165) is 5.69 Å². The van der Waals surface area contributed by atoms with Crippen LogP contribution in [0.15, 0.2) is 243 Å².